The molecular formula is C11H15N2OP. The summed E-state index contributed by atoms with van der Waals surface area (Å²) in [6.07, 6.45) is 1.83. The summed E-state index contributed by atoms with van der Waals surface area (Å²) < 4.78 is 2.24. The van der Waals surface area contributed by atoms with E-state index in [1.807, 2.05) is 0 Å². The van der Waals surface area contributed by atoms with Gasteiger partial charge >= 0.3 is 0 Å². The molecule has 0 saturated carbocycles. The summed E-state index contributed by atoms with van der Waals surface area (Å²) >= 11 is 0. The standard InChI is InChI=1S/C11H15N2OP/c14-8-12-6-9-1-2-11-7-13(15)4-3-10(11)5-9/h1-2,5,8H,3-4,6-7,15H2,(H,12,14). The maximum absolute atomic E-state index is 10.2. The van der Waals surface area contributed by atoms with E-state index in [2.05, 4.69) is 37.6 Å². The lowest BCUT2D eigenvalue weighted by Crippen LogP contribution is -2.22. The summed E-state index contributed by atoms with van der Waals surface area (Å²) in [6.45, 7) is 2.71. The molecule has 1 aromatic rings. The molecule has 0 aromatic heterocycles. The minimum Gasteiger partial charge on any atom is -0.355 e. The predicted octanol–water partition coefficient (Wildman–Crippen LogP) is 1.08. The molecule has 1 N–H and O–H groups in total. The van der Waals surface area contributed by atoms with E-state index in [1.165, 1.54) is 16.7 Å². The molecule has 1 aromatic carbocycles. The lowest BCUT2D eigenvalue weighted by molar-refractivity contribution is -0.109. The molecule has 1 amide bonds. The Morgan fingerprint density at radius 2 is 2.33 bits per heavy atom. The van der Waals surface area contributed by atoms with Crippen LogP contribution < -0.4 is 5.32 Å². The van der Waals surface area contributed by atoms with Crippen LogP contribution in [0, 0.1) is 0 Å². The molecule has 1 aliphatic heterocycles. The fraction of sp³-hybridized carbons (Fsp3) is 0.364. The molecule has 0 aliphatic carbocycles. The fourth-order valence-electron chi connectivity index (χ4n) is 1.90. The van der Waals surface area contributed by atoms with E-state index in [-0.39, 0.29) is 0 Å². The smallest absolute Gasteiger partial charge is 0.207 e. The molecular weight excluding hydrogens is 207 g/mol. The second kappa shape index (κ2) is 4.73. The number of benzene rings is 1. The minimum absolute atomic E-state index is 0.626. The van der Waals surface area contributed by atoms with Gasteiger partial charge in [-0.2, -0.15) is 0 Å². The van der Waals surface area contributed by atoms with Crippen molar-refractivity contribution in [3.63, 3.8) is 0 Å². The van der Waals surface area contributed by atoms with E-state index in [0.717, 1.165) is 25.9 Å². The van der Waals surface area contributed by atoms with Gasteiger partial charge in [-0.3, -0.25) is 9.46 Å². The van der Waals surface area contributed by atoms with Gasteiger partial charge in [-0.15, -0.1) is 0 Å². The number of carbonyl (C=O) groups is 1. The van der Waals surface area contributed by atoms with Crippen LogP contribution in [0.1, 0.15) is 16.7 Å². The Morgan fingerprint density at radius 3 is 3.13 bits per heavy atom. The summed E-state index contributed by atoms with van der Waals surface area (Å²) in [6, 6.07) is 6.44. The lowest BCUT2D eigenvalue weighted by atomic mass is 9.98. The second-order valence-corrected chi connectivity index (χ2v) is 4.55. The molecule has 0 radical (unpaired) electrons. The molecule has 1 unspecified atom stereocenters. The maximum atomic E-state index is 10.2. The van der Waals surface area contributed by atoms with Crippen molar-refractivity contribution in [2.75, 3.05) is 6.54 Å². The molecule has 1 heterocycles. The van der Waals surface area contributed by atoms with Gasteiger partial charge in [0.25, 0.3) is 0 Å². The lowest BCUT2D eigenvalue weighted by Gasteiger charge is -2.25. The number of nitrogens with zero attached hydrogens (tertiary/aromatic N) is 1. The number of hydrogen-bond acceptors (Lipinski definition) is 2. The van der Waals surface area contributed by atoms with Crippen molar-refractivity contribution in [2.45, 2.75) is 19.5 Å². The zero-order valence-electron chi connectivity index (χ0n) is 8.57. The van der Waals surface area contributed by atoms with E-state index in [1.54, 1.807) is 0 Å². The molecule has 1 atom stereocenters. The Balaban J connectivity index is 2.15. The molecule has 80 valence electrons. The van der Waals surface area contributed by atoms with Crippen molar-refractivity contribution in [1.29, 1.82) is 0 Å². The monoisotopic (exact) mass is 222 g/mol. The SMILES string of the molecule is O=CNCc1ccc2c(c1)CCN(P)C2. The first-order chi connectivity index (χ1) is 7.29. The summed E-state index contributed by atoms with van der Waals surface area (Å²) in [5.74, 6) is 0. The highest BCUT2D eigenvalue weighted by molar-refractivity contribution is 7.13. The first-order valence-corrected chi connectivity index (χ1v) is 5.58. The first-order valence-electron chi connectivity index (χ1n) is 5.07. The molecule has 0 bridgehead atoms. The third kappa shape index (κ3) is 2.55. The molecule has 0 spiro atoms. The first kappa shape index (κ1) is 10.6. The third-order valence-electron chi connectivity index (χ3n) is 2.70. The van der Waals surface area contributed by atoms with Crippen LogP contribution >= 0.6 is 9.39 Å². The number of hydrogen-bond donors (Lipinski definition) is 1. The van der Waals surface area contributed by atoms with Gasteiger partial charge in [0.05, 0.1) is 0 Å². The Bertz CT molecular complexity index is 368. The Labute approximate surface area is 92.1 Å². The quantitative estimate of drug-likeness (QED) is 0.613. The van der Waals surface area contributed by atoms with Crippen molar-refractivity contribution in [1.82, 2.24) is 9.99 Å². The fourth-order valence-corrected chi connectivity index (χ4v) is 2.22. The zero-order chi connectivity index (χ0) is 10.7. The molecule has 3 nitrogen and oxygen atoms in total. The van der Waals surface area contributed by atoms with Crippen LogP contribution in [0.15, 0.2) is 18.2 Å². The van der Waals surface area contributed by atoms with Crippen LogP contribution in [-0.2, 0) is 24.3 Å². The number of nitrogens with one attached hydrogen (secondary N) is 1. The Morgan fingerprint density at radius 1 is 1.47 bits per heavy atom. The maximum Gasteiger partial charge on any atom is 0.207 e. The highest BCUT2D eigenvalue weighted by Gasteiger charge is 2.12. The van der Waals surface area contributed by atoms with Crippen molar-refractivity contribution >= 4 is 15.8 Å². The third-order valence-corrected chi connectivity index (χ3v) is 3.14. The number of rotatable bonds is 3. The average Bonchev–Trinajstić information content (AvgIpc) is 2.26. The predicted molar refractivity (Wildman–Crippen MR) is 63.2 cm³/mol. The van der Waals surface area contributed by atoms with Crippen LogP contribution in [0.25, 0.3) is 0 Å². The van der Waals surface area contributed by atoms with E-state index in [0.29, 0.717) is 6.54 Å². The van der Waals surface area contributed by atoms with Crippen LogP contribution in [0.2, 0.25) is 0 Å². The van der Waals surface area contributed by atoms with Crippen LogP contribution in [0.3, 0.4) is 0 Å². The van der Waals surface area contributed by atoms with E-state index < -0.39 is 0 Å². The van der Waals surface area contributed by atoms with Gasteiger partial charge in [0.15, 0.2) is 0 Å². The largest absolute Gasteiger partial charge is 0.355 e. The van der Waals surface area contributed by atoms with Gasteiger partial charge in [0.1, 0.15) is 0 Å². The highest BCUT2D eigenvalue weighted by Crippen LogP contribution is 2.22. The normalized spacial score (nSPS) is 15.8. The highest BCUT2D eigenvalue weighted by atomic mass is 31.0. The minimum atomic E-state index is 0.626. The Hall–Kier alpha value is -0.920. The summed E-state index contributed by atoms with van der Waals surface area (Å²) in [5.41, 5.74) is 3.99. The van der Waals surface area contributed by atoms with Crippen LogP contribution in [0.5, 0.6) is 0 Å². The molecule has 0 saturated heterocycles. The van der Waals surface area contributed by atoms with Crippen molar-refractivity contribution in [3.8, 4) is 0 Å². The summed E-state index contributed by atoms with van der Waals surface area (Å²) in [5, 5.41) is 2.69. The topological polar surface area (TPSA) is 32.3 Å². The van der Waals surface area contributed by atoms with Crippen LogP contribution in [-0.4, -0.2) is 17.6 Å². The zero-order valence-corrected chi connectivity index (χ0v) is 9.73. The van der Waals surface area contributed by atoms with Gasteiger partial charge in [0.2, 0.25) is 6.41 Å². The van der Waals surface area contributed by atoms with Gasteiger partial charge in [-0.25, -0.2) is 0 Å². The number of carbonyl (C=O) groups excluding carboxylic acids is 1. The van der Waals surface area contributed by atoms with Gasteiger partial charge in [0, 0.05) is 19.6 Å². The van der Waals surface area contributed by atoms with Crippen LogP contribution in [0.4, 0.5) is 0 Å². The molecule has 15 heavy (non-hydrogen) atoms. The second-order valence-electron chi connectivity index (χ2n) is 3.82. The summed E-state index contributed by atoms with van der Waals surface area (Å²) in [4.78, 5) is 10.2. The van der Waals surface area contributed by atoms with E-state index in [4.69, 9.17) is 0 Å². The molecule has 0 fully saturated rings. The van der Waals surface area contributed by atoms with Gasteiger partial charge in [-0.05, 0) is 23.1 Å². The molecule has 4 heteroatoms. The number of fused-ring (bicyclic) bond motifs is 1. The Kier molecular flexibility index (Phi) is 3.34. The van der Waals surface area contributed by atoms with E-state index >= 15 is 0 Å². The molecule has 2 rings (SSSR count). The van der Waals surface area contributed by atoms with Crippen molar-refractivity contribution < 1.29 is 4.79 Å². The number of amides is 1. The average molecular weight is 222 g/mol. The van der Waals surface area contributed by atoms with Crippen molar-refractivity contribution in [3.05, 3.63) is 34.9 Å². The summed E-state index contributed by atoms with van der Waals surface area (Å²) in [7, 11) is 2.74. The van der Waals surface area contributed by atoms with Gasteiger partial charge < -0.3 is 5.32 Å². The van der Waals surface area contributed by atoms with Gasteiger partial charge in [-0.1, -0.05) is 27.6 Å². The molecule has 1 aliphatic rings. The van der Waals surface area contributed by atoms with E-state index in [9.17, 15) is 4.79 Å². The van der Waals surface area contributed by atoms with Crippen molar-refractivity contribution in [2.24, 2.45) is 0 Å².